The summed E-state index contributed by atoms with van der Waals surface area (Å²) >= 11 is 0. The van der Waals surface area contributed by atoms with E-state index >= 15 is 0 Å². The second-order valence-corrected chi connectivity index (χ2v) is 8.38. The Hall–Kier alpha value is -0.250. The number of hydrogen-bond acceptors (Lipinski definition) is 3. The van der Waals surface area contributed by atoms with Gasteiger partial charge in [-0.15, -0.1) is 12.4 Å². The molecule has 2 atom stereocenters. The second-order valence-electron chi connectivity index (χ2n) is 8.38. The van der Waals surface area contributed by atoms with Crippen molar-refractivity contribution < 1.29 is 9.84 Å². The fraction of sp³-hybridized carbons (Fsp3) is 0.917. The lowest BCUT2D eigenvalue weighted by Gasteiger charge is -2.23. The average Bonchev–Trinajstić information content (AvgIpc) is 2.62. The van der Waals surface area contributed by atoms with Crippen molar-refractivity contribution in [2.24, 2.45) is 0 Å². The molecule has 0 aromatic carbocycles. The van der Waals surface area contributed by atoms with Crippen molar-refractivity contribution in [2.75, 3.05) is 0 Å². The van der Waals surface area contributed by atoms with Gasteiger partial charge in [-0.3, -0.25) is 5.32 Å². The van der Waals surface area contributed by atoms with Crippen LogP contribution in [0.5, 0.6) is 0 Å². The number of rotatable bonds is 20. The number of hydrogen-bond donors (Lipinski definition) is 2. The van der Waals surface area contributed by atoms with Crippen LogP contribution >= 0.6 is 12.4 Å². The largest absolute Gasteiger partial charge is 0.481 e. The topological polar surface area (TPSA) is 41.5 Å². The predicted octanol–water partition coefficient (Wildman–Crippen LogP) is 7.51. The number of aliphatic hydroxyl groups is 1. The molecule has 0 bridgehead atoms. The van der Waals surface area contributed by atoms with Crippen LogP contribution in [-0.4, -0.2) is 23.5 Å². The highest BCUT2D eigenvalue weighted by molar-refractivity contribution is 5.85. The maximum absolute atomic E-state index is 9.67. The predicted molar refractivity (Wildman–Crippen MR) is 126 cm³/mol. The third-order valence-corrected chi connectivity index (χ3v) is 4.98. The van der Waals surface area contributed by atoms with Crippen molar-refractivity contribution in [1.82, 2.24) is 5.32 Å². The van der Waals surface area contributed by atoms with Gasteiger partial charge in [-0.1, -0.05) is 90.4 Å². The molecule has 2 unspecified atom stereocenters. The summed E-state index contributed by atoms with van der Waals surface area (Å²) < 4.78 is 5.59. The summed E-state index contributed by atoms with van der Waals surface area (Å²) in [6.07, 6.45) is 23.6. The molecule has 28 heavy (non-hydrogen) atoms. The summed E-state index contributed by atoms with van der Waals surface area (Å²) in [5.74, 6) is 0. The minimum absolute atomic E-state index is 0. The zero-order valence-electron chi connectivity index (χ0n) is 19.3. The molecule has 0 aliphatic heterocycles. The molecule has 2 N–H and O–H groups in total. The maximum atomic E-state index is 9.67. The normalized spacial score (nSPS) is 13.6. The minimum Gasteiger partial charge on any atom is -0.481 e. The van der Waals surface area contributed by atoms with Crippen molar-refractivity contribution in [2.45, 2.75) is 142 Å². The lowest BCUT2D eigenvalue weighted by atomic mass is 10.0. The van der Waals surface area contributed by atoms with Gasteiger partial charge < -0.3 is 9.84 Å². The Morgan fingerprint density at radius 3 is 1.57 bits per heavy atom. The molecule has 3 nitrogen and oxygen atoms in total. The highest BCUT2D eigenvalue weighted by Crippen LogP contribution is 2.13. The van der Waals surface area contributed by atoms with Crippen LogP contribution in [0.2, 0.25) is 0 Å². The highest BCUT2D eigenvalue weighted by Gasteiger charge is 2.14. The van der Waals surface area contributed by atoms with Crippen LogP contribution < -0.4 is 5.32 Å². The van der Waals surface area contributed by atoms with Gasteiger partial charge in [-0.05, 0) is 39.7 Å². The monoisotopic (exact) mass is 419 g/mol. The van der Waals surface area contributed by atoms with E-state index in [0.717, 1.165) is 6.42 Å². The number of ether oxygens (including phenoxy) is 1. The molecule has 0 aliphatic carbocycles. The maximum Gasteiger partial charge on any atom is 0.175 e. The number of halogens is 1. The third kappa shape index (κ3) is 22.0. The van der Waals surface area contributed by atoms with E-state index in [2.05, 4.69) is 32.2 Å². The highest BCUT2D eigenvalue weighted by atomic mass is 35.5. The van der Waals surface area contributed by atoms with E-state index < -0.39 is 6.10 Å². The summed E-state index contributed by atoms with van der Waals surface area (Å²) in [7, 11) is 0. The summed E-state index contributed by atoms with van der Waals surface area (Å²) in [5, 5.41) is 12.9. The van der Waals surface area contributed by atoms with E-state index in [4.69, 9.17) is 4.74 Å². The first-order valence-electron chi connectivity index (χ1n) is 11.8. The van der Waals surface area contributed by atoms with Gasteiger partial charge in [0.05, 0.1) is 6.26 Å². The second kappa shape index (κ2) is 23.0. The van der Waals surface area contributed by atoms with Gasteiger partial charge in [0.1, 0.15) is 6.10 Å². The van der Waals surface area contributed by atoms with Crippen molar-refractivity contribution in [3.63, 3.8) is 0 Å². The lowest BCUT2D eigenvalue weighted by Crippen LogP contribution is -2.43. The van der Waals surface area contributed by atoms with Crippen molar-refractivity contribution in [3.8, 4) is 0 Å². The van der Waals surface area contributed by atoms with E-state index in [1.54, 1.807) is 13.2 Å². The van der Waals surface area contributed by atoms with E-state index in [-0.39, 0.29) is 18.6 Å². The van der Waals surface area contributed by atoms with Crippen LogP contribution in [0.25, 0.3) is 0 Å². The van der Waals surface area contributed by atoms with Gasteiger partial charge >= 0.3 is 0 Å². The van der Waals surface area contributed by atoms with E-state index in [1.165, 1.54) is 89.9 Å². The molecule has 4 heteroatoms. The lowest BCUT2D eigenvalue weighted by molar-refractivity contribution is -0.00668. The fourth-order valence-corrected chi connectivity index (χ4v) is 3.29. The molecule has 0 aromatic heterocycles. The van der Waals surface area contributed by atoms with Gasteiger partial charge in [0.2, 0.25) is 0 Å². The summed E-state index contributed by atoms with van der Waals surface area (Å²) in [4.78, 5) is 0. The quantitative estimate of drug-likeness (QED) is 0.122. The molecule has 0 heterocycles. The van der Waals surface area contributed by atoms with Crippen LogP contribution in [0.4, 0.5) is 0 Å². The molecule has 0 rings (SSSR count). The molecule has 0 aromatic rings. The molecule has 0 amide bonds. The number of nitrogens with one attached hydrogen (secondary N) is 1. The summed E-state index contributed by atoms with van der Waals surface area (Å²) in [6, 6.07) is 0.295. The van der Waals surface area contributed by atoms with Gasteiger partial charge in [0.25, 0.3) is 0 Å². The smallest absolute Gasteiger partial charge is 0.175 e. The van der Waals surface area contributed by atoms with Crippen LogP contribution in [0.15, 0.2) is 12.3 Å². The Kier molecular flexibility index (Phi) is 24.6. The van der Waals surface area contributed by atoms with Crippen molar-refractivity contribution in [1.29, 1.82) is 0 Å². The number of allylic oxidation sites excluding steroid dienone is 1. The molecule has 0 aliphatic rings. The van der Waals surface area contributed by atoms with Gasteiger partial charge in [0, 0.05) is 6.04 Å². The van der Waals surface area contributed by atoms with Crippen molar-refractivity contribution in [3.05, 3.63) is 12.3 Å². The summed E-state index contributed by atoms with van der Waals surface area (Å²) in [6.45, 7) is 8.14. The van der Waals surface area contributed by atoms with Gasteiger partial charge in [0.15, 0.2) is 6.23 Å². The van der Waals surface area contributed by atoms with Crippen molar-refractivity contribution >= 4 is 12.4 Å². The minimum atomic E-state index is -0.516. The first-order valence-corrected chi connectivity index (χ1v) is 11.8. The van der Waals surface area contributed by atoms with Crippen LogP contribution in [0.1, 0.15) is 124 Å². The molecular weight excluding hydrogens is 370 g/mol. The zero-order valence-corrected chi connectivity index (χ0v) is 20.1. The molecule has 0 saturated carbocycles. The average molecular weight is 420 g/mol. The third-order valence-electron chi connectivity index (χ3n) is 4.98. The Balaban J connectivity index is 0. The molecule has 0 fully saturated rings. The van der Waals surface area contributed by atoms with E-state index in [9.17, 15) is 5.11 Å². The Morgan fingerprint density at radius 2 is 1.18 bits per heavy atom. The Morgan fingerprint density at radius 1 is 0.750 bits per heavy atom. The first kappa shape index (κ1) is 29.9. The Labute approximate surface area is 182 Å². The molecule has 0 radical (unpaired) electrons. The van der Waals surface area contributed by atoms with Crippen LogP contribution in [0.3, 0.4) is 0 Å². The first-order chi connectivity index (χ1) is 13.1. The number of aliphatic hydroxyl groups excluding tert-OH is 1. The fourth-order valence-electron chi connectivity index (χ4n) is 3.29. The molecule has 170 valence electrons. The standard InChI is InChI=1S/C24H49NO2.ClH/c1-5-6-7-8-9-10-11-12-13-14-15-16-17-18-19-20-21-27-24(23(4)26)25-22(2)3;/h20-26H,5-19H2,1-4H3;1H. The molecule has 0 spiro atoms. The number of unbranched alkanes of at least 4 members (excludes halogenated alkanes) is 14. The van der Waals surface area contributed by atoms with E-state index in [0.29, 0.717) is 6.04 Å². The SMILES string of the molecule is CCCCCCCCCCCCCCCCC=COC(NC(C)C)C(C)O.Cl. The zero-order chi connectivity index (χ0) is 20.2. The summed E-state index contributed by atoms with van der Waals surface area (Å²) in [5.41, 5.74) is 0. The molecule has 0 saturated heterocycles. The van der Waals surface area contributed by atoms with Gasteiger partial charge in [-0.2, -0.15) is 0 Å². The van der Waals surface area contributed by atoms with Crippen LogP contribution in [-0.2, 0) is 4.74 Å². The van der Waals surface area contributed by atoms with Crippen LogP contribution in [0, 0.1) is 0 Å². The Bertz CT molecular complexity index is 322. The van der Waals surface area contributed by atoms with E-state index in [1.807, 2.05) is 0 Å². The van der Waals surface area contributed by atoms with Gasteiger partial charge in [-0.25, -0.2) is 0 Å². The molecular formula is C24H50ClNO2.